The number of ether oxygens (including phenoxy) is 2. The van der Waals surface area contributed by atoms with Crippen molar-refractivity contribution in [3.63, 3.8) is 0 Å². The molecule has 0 saturated carbocycles. The number of methoxy groups -OCH3 is 1. The second-order valence-electron chi connectivity index (χ2n) is 6.15. The van der Waals surface area contributed by atoms with Crippen LogP contribution in [0, 0.1) is 0 Å². The third kappa shape index (κ3) is 6.05. The zero-order chi connectivity index (χ0) is 19.8. The smallest absolute Gasteiger partial charge is 0.409 e. The maximum absolute atomic E-state index is 12.2. The molecule has 1 aromatic carbocycles. The molecular formula is C18H26N4O5. The molecule has 0 atom stereocenters. The Hall–Kier alpha value is -2.97. The van der Waals surface area contributed by atoms with E-state index in [0.29, 0.717) is 49.7 Å². The first-order chi connectivity index (χ1) is 12.9. The van der Waals surface area contributed by atoms with E-state index < -0.39 is 0 Å². The summed E-state index contributed by atoms with van der Waals surface area (Å²) < 4.78 is 10.2. The van der Waals surface area contributed by atoms with E-state index in [-0.39, 0.29) is 24.1 Å². The summed E-state index contributed by atoms with van der Waals surface area (Å²) in [4.78, 5) is 36.7. The fourth-order valence-electron chi connectivity index (χ4n) is 2.84. The van der Waals surface area contributed by atoms with Crippen molar-refractivity contribution in [3.8, 4) is 5.75 Å². The molecule has 0 aliphatic carbocycles. The van der Waals surface area contributed by atoms with Crippen molar-refractivity contribution < 1.29 is 23.9 Å². The van der Waals surface area contributed by atoms with Crippen LogP contribution in [0.25, 0.3) is 0 Å². The highest BCUT2D eigenvalue weighted by Crippen LogP contribution is 2.28. The molecule has 1 aromatic rings. The summed E-state index contributed by atoms with van der Waals surface area (Å²) in [5.74, 6) is 0.242. The predicted octanol–water partition coefficient (Wildman–Crippen LogP) is 2.40. The number of hydrogen-bond acceptors (Lipinski definition) is 5. The number of nitrogens with one attached hydrogen (secondary N) is 3. The molecular weight excluding hydrogens is 352 g/mol. The average Bonchev–Trinajstić information content (AvgIpc) is 2.63. The van der Waals surface area contributed by atoms with Gasteiger partial charge in [-0.05, 0) is 31.9 Å². The minimum Gasteiger partial charge on any atom is -0.494 e. The van der Waals surface area contributed by atoms with Crippen LogP contribution < -0.4 is 20.7 Å². The largest absolute Gasteiger partial charge is 0.494 e. The van der Waals surface area contributed by atoms with Gasteiger partial charge in [-0.15, -0.1) is 0 Å². The third-order valence-electron chi connectivity index (χ3n) is 4.13. The van der Waals surface area contributed by atoms with Crippen LogP contribution in [0.15, 0.2) is 18.2 Å². The van der Waals surface area contributed by atoms with Crippen molar-refractivity contribution in [2.45, 2.75) is 32.7 Å². The van der Waals surface area contributed by atoms with E-state index in [0.717, 1.165) is 0 Å². The Kier molecular flexibility index (Phi) is 7.27. The molecule has 9 nitrogen and oxygen atoms in total. The molecule has 1 aliphatic rings. The highest BCUT2D eigenvalue weighted by Gasteiger charge is 2.24. The van der Waals surface area contributed by atoms with Gasteiger partial charge in [0.2, 0.25) is 5.91 Å². The minimum atomic E-state index is -0.334. The summed E-state index contributed by atoms with van der Waals surface area (Å²) in [5, 5.41) is 8.31. The maximum atomic E-state index is 12.2. The second-order valence-corrected chi connectivity index (χ2v) is 6.15. The highest BCUT2D eigenvalue weighted by atomic mass is 16.6. The average molecular weight is 378 g/mol. The molecule has 1 fully saturated rings. The van der Waals surface area contributed by atoms with Crippen molar-refractivity contribution in [1.29, 1.82) is 0 Å². The summed E-state index contributed by atoms with van der Waals surface area (Å²) in [6.07, 6.45) is 1.01. The first-order valence-corrected chi connectivity index (χ1v) is 8.87. The van der Waals surface area contributed by atoms with Gasteiger partial charge in [-0.1, -0.05) is 0 Å². The lowest BCUT2D eigenvalue weighted by Gasteiger charge is -2.31. The van der Waals surface area contributed by atoms with Crippen molar-refractivity contribution in [2.75, 3.05) is 37.4 Å². The molecule has 0 radical (unpaired) electrons. The number of rotatable bonds is 5. The first-order valence-electron chi connectivity index (χ1n) is 8.87. The number of likely N-dealkylation sites (tertiary alicyclic amines) is 1. The fraction of sp³-hybridized carbons (Fsp3) is 0.500. The zero-order valence-electron chi connectivity index (χ0n) is 15.8. The van der Waals surface area contributed by atoms with E-state index in [4.69, 9.17) is 9.47 Å². The summed E-state index contributed by atoms with van der Waals surface area (Å²) in [6, 6.07) is 4.62. The highest BCUT2D eigenvalue weighted by molar-refractivity contribution is 5.93. The molecule has 0 unspecified atom stereocenters. The van der Waals surface area contributed by atoms with Crippen LogP contribution in [0.4, 0.5) is 21.0 Å². The fourth-order valence-corrected chi connectivity index (χ4v) is 2.84. The number of urea groups is 1. The van der Waals surface area contributed by atoms with E-state index in [1.165, 1.54) is 14.0 Å². The van der Waals surface area contributed by atoms with Gasteiger partial charge in [0.15, 0.2) is 0 Å². The van der Waals surface area contributed by atoms with Crippen LogP contribution in [0.2, 0.25) is 0 Å². The monoisotopic (exact) mass is 378 g/mol. The molecule has 27 heavy (non-hydrogen) atoms. The van der Waals surface area contributed by atoms with Crippen LogP contribution in [-0.4, -0.2) is 55.8 Å². The van der Waals surface area contributed by atoms with Gasteiger partial charge in [0.1, 0.15) is 5.75 Å². The van der Waals surface area contributed by atoms with Crippen molar-refractivity contribution in [1.82, 2.24) is 10.2 Å². The predicted molar refractivity (Wildman–Crippen MR) is 101 cm³/mol. The van der Waals surface area contributed by atoms with E-state index in [1.54, 1.807) is 30.0 Å². The molecule has 1 aliphatic heterocycles. The van der Waals surface area contributed by atoms with E-state index in [1.807, 2.05) is 0 Å². The van der Waals surface area contributed by atoms with Crippen molar-refractivity contribution in [2.24, 2.45) is 0 Å². The molecule has 0 bridgehead atoms. The van der Waals surface area contributed by atoms with Crippen LogP contribution in [0.1, 0.15) is 26.7 Å². The second kappa shape index (κ2) is 9.65. The van der Waals surface area contributed by atoms with Gasteiger partial charge in [-0.25, -0.2) is 9.59 Å². The van der Waals surface area contributed by atoms with Crippen LogP contribution >= 0.6 is 0 Å². The Morgan fingerprint density at radius 3 is 2.48 bits per heavy atom. The number of anilines is 2. The van der Waals surface area contributed by atoms with Gasteiger partial charge >= 0.3 is 12.1 Å². The molecule has 148 valence electrons. The Morgan fingerprint density at radius 2 is 1.89 bits per heavy atom. The summed E-state index contributed by atoms with van der Waals surface area (Å²) >= 11 is 0. The quantitative estimate of drug-likeness (QED) is 0.729. The number of carbonyl (C=O) groups is 3. The molecule has 1 heterocycles. The Morgan fingerprint density at radius 1 is 1.19 bits per heavy atom. The normalized spacial score (nSPS) is 14.3. The standard InChI is InChI=1S/C18H26N4O5/c1-4-27-18(25)22-9-7-13(8-10-22)20-17(24)21-14-5-6-15(19-12(2)23)16(11-14)26-3/h5-6,11,13H,4,7-10H2,1-3H3,(H,19,23)(H2,20,21,24). The van der Waals surface area contributed by atoms with Gasteiger partial charge in [0, 0.05) is 37.8 Å². The van der Waals surface area contributed by atoms with Crippen molar-refractivity contribution >= 4 is 29.4 Å². The number of nitrogens with zero attached hydrogens (tertiary/aromatic N) is 1. The zero-order valence-corrected chi connectivity index (χ0v) is 15.8. The third-order valence-corrected chi connectivity index (χ3v) is 4.13. The van der Waals surface area contributed by atoms with E-state index >= 15 is 0 Å². The van der Waals surface area contributed by atoms with Crippen LogP contribution in [0.5, 0.6) is 5.75 Å². The van der Waals surface area contributed by atoms with E-state index in [2.05, 4.69) is 16.0 Å². The SMILES string of the molecule is CCOC(=O)N1CCC(NC(=O)Nc2ccc(NC(C)=O)c(OC)c2)CC1. The van der Waals surface area contributed by atoms with Gasteiger partial charge in [0.25, 0.3) is 0 Å². The summed E-state index contributed by atoms with van der Waals surface area (Å²) in [7, 11) is 1.49. The van der Waals surface area contributed by atoms with Crippen LogP contribution in [0.3, 0.4) is 0 Å². The van der Waals surface area contributed by atoms with Crippen LogP contribution in [-0.2, 0) is 9.53 Å². The lowest BCUT2D eigenvalue weighted by Crippen LogP contribution is -2.47. The van der Waals surface area contributed by atoms with Gasteiger partial charge < -0.3 is 30.3 Å². The Balaban J connectivity index is 1.85. The topological polar surface area (TPSA) is 109 Å². The maximum Gasteiger partial charge on any atom is 0.409 e. The van der Waals surface area contributed by atoms with Gasteiger partial charge in [-0.3, -0.25) is 4.79 Å². The summed E-state index contributed by atoms with van der Waals surface area (Å²) in [6.45, 7) is 4.62. The molecule has 4 amide bonds. The molecule has 0 spiro atoms. The number of carbonyl (C=O) groups excluding carboxylic acids is 3. The number of hydrogen-bond donors (Lipinski definition) is 3. The first kappa shape index (κ1) is 20.3. The number of piperidine rings is 1. The molecule has 1 saturated heterocycles. The number of amides is 4. The number of benzene rings is 1. The summed E-state index contributed by atoms with van der Waals surface area (Å²) in [5.41, 5.74) is 1.07. The lowest BCUT2D eigenvalue weighted by atomic mass is 10.1. The van der Waals surface area contributed by atoms with Gasteiger partial charge in [0.05, 0.1) is 19.4 Å². The van der Waals surface area contributed by atoms with Crippen molar-refractivity contribution in [3.05, 3.63) is 18.2 Å². The molecule has 9 heteroatoms. The molecule has 0 aromatic heterocycles. The van der Waals surface area contributed by atoms with E-state index in [9.17, 15) is 14.4 Å². The Labute approximate surface area is 158 Å². The molecule has 3 N–H and O–H groups in total. The Bertz CT molecular complexity index is 686. The molecule has 2 rings (SSSR count). The minimum absolute atomic E-state index is 0.0174. The lowest BCUT2D eigenvalue weighted by molar-refractivity contribution is -0.114. The van der Waals surface area contributed by atoms with Gasteiger partial charge in [-0.2, -0.15) is 0 Å².